The minimum atomic E-state index is -0.906. The van der Waals surface area contributed by atoms with Crippen molar-refractivity contribution < 1.29 is 42.9 Å². The van der Waals surface area contributed by atoms with E-state index in [1.807, 2.05) is 23.1 Å². The molecule has 0 aliphatic carbocycles. The number of alkyl carbamates (subject to hydrolysis) is 2. The van der Waals surface area contributed by atoms with Crippen LogP contribution < -0.4 is 15.4 Å². The number of nitrogens with one attached hydrogen (secondary N) is 3. The molecule has 0 bridgehead atoms. The van der Waals surface area contributed by atoms with E-state index >= 15 is 0 Å². The van der Waals surface area contributed by atoms with E-state index in [9.17, 15) is 19.2 Å². The quantitative estimate of drug-likeness (QED) is 0.130. The van der Waals surface area contributed by atoms with Gasteiger partial charge in [-0.05, 0) is 104 Å². The molecular formula is C46H53N7O9. The average molecular weight is 848 g/mol. The maximum absolute atomic E-state index is 13.8. The Labute approximate surface area is 360 Å². The molecule has 0 saturated carbocycles. The van der Waals surface area contributed by atoms with E-state index in [2.05, 4.69) is 52.0 Å². The molecule has 0 unspecified atom stereocenters. The molecule has 4 aliphatic rings. The van der Waals surface area contributed by atoms with E-state index < -0.39 is 36.5 Å². The molecule has 5 heterocycles. The summed E-state index contributed by atoms with van der Waals surface area (Å²) in [6.07, 6.45) is 3.79. The second-order valence-corrected chi connectivity index (χ2v) is 16.2. The van der Waals surface area contributed by atoms with Gasteiger partial charge in [-0.2, -0.15) is 0 Å². The van der Waals surface area contributed by atoms with Crippen molar-refractivity contribution in [3.8, 4) is 33.9 Å². The maximum atomic E-state index is 13.8. The van der Waals surface area contributed by atoms with Gasteiger partial charge in [0, 0.05) is 51.4 Å². The monoisotopic (exact) mass is 847 g/mol. The van der Waals surface area contributed by atoms with Gasteiger partial charge in [-0.1, -0.05) is 18.2 Å². The fraction of sp³-hybridized carbons (Fsp3) is 0.435. The summed E-state index contributed by atoms with van der Waals surface area (Å²) in [5.41, 5.74) is 8.90. The molecule has 4 aromatic rings. The van der Waals surface area contributed by atoms with Crippen molar-refractivity contribution in [1.82, 2.24) is 30.4 Å². The summed E-state index contributed by atoms with van der Waals surface area (Å²) in [5.74, 6) is 1.81. The molecule has 326 valence electrons. The Morgan fingerprint density at radius 2 is 1.31 bits per heavy atom. The number of nitrogens with zero attached hydrogens (tertiary/aromatic N) is 4. The van der Waals surface area contributed by atoms with Crippen LogP contribution in [0.4, 0.5) is 15.3 Å². The number of carbonyl (C=O) groups excluding carboxylic acids is 4. The van der Waals surface area contributed by atoms with Gasteiger partial charge in [0.15, 0.2) is 0 Å². The fourth-order valence-electron chi connectivity index (χ4n) is 8.99. The first-order chi connectivity index (χ1) is 30.0. The van der Waals surface area contributed by atoms with Gasteiger partial charge >= 0.3 is 12.2 Å². The summed E-state index contributed by atoms with van der Waals surface area (Å²) in [7, 11) is 5.54. The van der Waals surface area contributed by atoms with Crippen molar-refractivity contribution in [2.45, 2.75) is 88.7 Å². The van der Waals surface area contributed by atoms with E-state index in [-0.39, 0.29) is 23.9 Å². The van der Waals surface area contributed by atoms with Crippen LogP contribution in [-0.4, -0.2) is 121 Å². The molecule has 0 spiro atoms. The SMILES string of the molecule is COC(=O)N[C@H](C(=O)N1CCC[C@H]1C1=Nc2ccc(-c3ccc4c(c3)Oc3ccc(-c5cnc([C@@H]6CCCN6C(=O)[C@@H](NC(=O)OC)[C@@H](C)OC)[nH]5)cc3C4)cc2C1)[C@@H](C)OC. The number of aliphatic imine (C=N–C) groups is 1. The van der Waals surface area contributed by atoms with Gasteiger partial charge in [0.2, 0.25) is 11.8 Å². The third kappa shape index (κ3) is 8.36. The Morgan fingerprint density at radius 3 is 1.97 bits per heavy atom. The van der Waals surface area contributed by atoms with Gasteiger partial charge in [0.05, 0.1) is 56.1 Å². The van der Waals surface area contributed by atoms with Gasteiger partial charge in [0.25, 0.3) is 0 Å². The Balaban J connectivity index is 0.934. The van der Waals surface area contributed by atoms with Crippen molar-refractivity contribution in [2.24, 2.45) is 4.99 Å². The largest absolute Gasteiger partial charge is 0.457 e. The molecule has 2 saturated heterocycles. The highest BCUT2D eigenvalue weighted by atomic mass is 16.5. The highest BCUT2D eigenvalue weighted by molar-refractivity contribution is 6.01. The number of amides is 4. The summed E-state index contributed by atoms with van der Waals surface area (Å²) in [6, 6.07) is 16.5. The van der Waals surface area contributed by atoms with Crippen LogP contribution in [0, 0.1) is 0 Å². The summed E-state index contributed by atoms with van der Waals surface area (Å²) in [4.78, 5) is 68.4. The van der Waals surface area contributed by atoms with Crippen molar-refractivity contribution in [1.29, 1.82) is 0 Å². The topological polar surface area (TPSA) is 186 Å². The van der Waals surface area contributed by atoms with E-state index in [1.165, 1.54) is 28.4 Å². The molecule has 3 aromatic carbocycles. The summed E-state index contributed by atoms with van der Waals surface area (Å²) in [6.45, 7) is 4.59. The van der Waals surface area contributed by atoms with Crippen molar-refractivity contribution in [3.63, 3.8) is 0 Å². The second-order valence-electron chi connectivity index (χ2n) is 16.2. The molecule has 3 N–H and O–H groups in total. The first kappa shape index (κ1) is 42.4. The summed E-state index contributed by atoms with van der Waals surface area (Å²) >= 11 is 0. The Morgan fingerprint density at radius 1 is 0.710 bits per heavy atom. The normalized spacial score (nSPS) is 19.5. The molecule has 4 aliphatic heterocycles. The summed E-state index contributed by atoms with van der Waals surface area (Å²) < 4.78 is 26.9. The van der Waals surface area contributed by atoms with Gasteiger partial charge in [-0.25, -0.2) is 14.6 Å². The van der Waals surface area contributed by atoms with Crippen LogP contribution in [0.2, 0.25) is 0 Å². The molecule has 0 radical (unpaired) electrons. The minimum Gasteiger partial charge on any atom is -0.457 e. The van der Waals surface area contributed by atoms with Crippen molar-refractivity contribution in [3.05, 3.63) is 83.3 Å². The number of imidazole rings is 1. The number of aromatic amines is 1. The average Bonchev–Trinajstić information content (AvgIpc) is 4.14. The molecule has 4 amide bonds. The second kappa shape index (κ2) is 18.0. The fourth-order valence-corrected chi connectivity index (χ4v) is 8.99. The Bertz CT molecular complexity index is 2400. The molecule has 62 heavy (non-hydrogen) atoms. The molecule has 8 rings (SSSR count). The number of likely N-dealkylation sites (tertiary alicyclic amines) is 2. The zero-order chi connectivity index (χ0) is 43.7. The molecule has 2 fully saturated rings. The third-order valence-corrected chi connectivity index (χ3v) is 12.6. The number of hydrogen-bond acceptors (Lipinski definition) is 11. The first-order valence-electron chi connectivity index (χ1n) is 21.0. The number of rotatable bonds is 12. The van der Waals surface area contributed by atoms with E-state index in [4.69, 9.17) is 33.7 Å². The van der Waals surface area contributed by atoms with Crippen LogP contribution in [0.15, 0.2) is 65.8 Å². The first-order valence-corrected chi connectivity index (χ1v) is 21.0. The highest BCUT2D eigenvalue weighted by Crippen LogP contribution is 2.42. The maximum Gasteiger partial charge on any atom is 0.407 e. The van der Waals surface area contributed by atoms with E-state index in [1.54, 1.807) is 24.9 Å². The third-order valence-electron chi connectivity index (χ3n) is 12.6. The lowest BCUT2D eigenvalue weighted by Gasteiger charge is -2.31. The number of aromatic nitrogens is 2. The molecular weight excluding hydrogens is 795 g/mol. The molecule has 1 aromatic heterocycles. The number of benzene rings is 3. The summed E-state index contributed by atoms with van der Waals surface area (Å²) in [5, 5.41) is 5.29. The molecule has 6 atom stereocenters. The smallest absolute Gasteiger partial charge is 0.407 e. The van der Waals surface area contributed by atoms with Crippen LogP contribution in [0.1, 0.15) is 68.1 Å². The Kier molecular flexibility index (Phi) is 12.3. The molecule has 16 nitrogen and oxygen atoms in total. The number of ether oxygens (including phenoxy) is 5. The lowest BCUT2D eigenvalue weighted by molar-refractivity contribution is -0.138. The van der Waals surface area contributed by atoms with Crippen LogP contribution in [0.25, 0.3) is 22.4 Å². The zero-order valence-corrected chi connectivity index (χ0v) is 35.9. The lowest BCUT2D eigenvalue weighted by Crippen LogP contribution is -2.56. The number of H-pyrrole nitrogens is 1. The minimum absolute atomic E-state index is 0.174. The van der Waals surface area contributed by atoms with E-state index in [0.717, 1.165) is 87.7 Å². The van der Waals surface area contributed by atoms with Crippen molar-refractivity contribution >= 4 is 35.4 Å². The van der Waals surface area contributed by atoms with Gasteiger partial charge in [-0.15, -0.1) is 0 Å². The van der Waals surface area contributed by atoms with Gasteiger partial charge in [-0.3, -0.25) is 14.6 Å². The number of hydrogen-bond donors (Lipinski definition) is 3. The lowest BCUT2D eigenvalue weighted by atomic mass is 9.94. The highest BCUT2D eigenvalue weighted by Gasteiger charge is 2.41. The van der Waals surface area contributed by atoms with Crippen molar-refractivity contribution in [2.75, 3.05) is 41.5 Å². The standard InChI is InChI=1S/C46H53N7O9/c1-25(58-3)40(50-45(56)60-5)43(54)52-17-7-9-36(52)34-22-31-19-27(13-15-33(31)48-34)28-11-12-30-21-32-20-29(14-16-38(32)62-39(30)23-28)35-24-47-42(49-35)37-10-8-18-53(37)44(55)41(26(2)59-4)51-46(57)61-6/h11-16,19-20,23-26,36-37,40-41H,7-10,17-18,21-22H2,1-6H3,(H,47,49)(H,50,56)(H,51,57)/t25-,26-,36+,37+,40+,41+/m1/s1. The van der Waals surface area contributed by atoms with Crippen LogP contribution in [-0.2, 0) is 41.4 Å². The Hall–Kier alpha value is -6.26. The number of fused-ring (bicyclic) bond motifs is 3. The number of methoxy groups -OCH3 is 4. The van der Waals surface area contributed by atoms with Crippen LogP contribution >= 0.6 is 0 Å². The predicted octanol–water partition coefficient (Wildman–Crippen LogP) is 6.24. The van der Waals surface area contributed by atoms with E-state index in [0.29, 0.717) is 31.8 Å². The van der Waals surface area contributed by atoms with Gasteiger partial charge < -0.3 is 49.1 Å². The molecule has 16 heteroatoms. The zero-order valence-electron chi connectivity index (χ0n) is 35.9. The van der Waals surface area contributed by atoms with Gasteiger partial charge in [0.1, 0.15) is 29.4 Å². The predicted molar refractivity (Wildman–Crippen MR) is 230 cm³/mol. The van der Waals surface area contributed by atoms with Crippen LogP contribution in [0.5, 0.6) is 11.5 Å². The number of carbonyl (C=O) groups is 4. The van der Waals surface area contributed by atoms with Crippen LogP contribution in [0.3, 0.4) is 0 Å².